The van der Waals surface area contributed by atoms with Crippen LogP contribution in [0.15, 0.2) is 36.4 Å². The van der Waals surface area contributed by atoms with E-state index in [2.05, 4.69) is 0 Å². The Balaban J connectivity index is 2.63. The molecule has 0 saturated heterocycles. The minimum atomic E-state index is -0.267. The summed E-state index contributed by atoms with van der Waals surface area (Å²) < 4.78 is 13.4. The van der Waals surface area contributed by atoms with Gasteiger partial charge in [0.15, 0.2) is 0 Å². The van der Waals surface area contributed by atoms with Gasteiger partial charge in [0.2, 0.25) is 0 Å². The maximum atomic E-state index is 13.4. The van der Waals surface area contributed by atoms with Crippen LogP contribution in [0.4, 0.5) is 4.39 Å². The lowest BCUT2D eigenvalue weighted by atomic mass is 10.00. The third-order valence-corrected chi connectivity index (χ3v) is 2.68. The summed E-state index contributed by atoms with van der Waals surface area (Å²) in [6.45, 7) is 1.70. The van der Waals surface area contributed by atoms with Crippen molar-refractivity contribution in [2.24, 2.45) is 0 Å². The first-order valence-electron chi connectivity index (χ1n) is 4.83. The minimum absolute atomic E-state index is 0.0751. The van der Waals surface area contributed by atoms with Crippen LogP contribution in [0.3, 0.4) is 0 Å². The fourth-order valence-corrected chi connectivity index (χ4v) is 1.88. The first kappa shape index (κ1) is 11.0. The Hall–Kier alpha value is -1.54. The molecule has 1 nitrogen and oxygen atoms in total. The van der Waals surface area contributed by atoms with Gasteiger partial charge in [-0.1, -0.05) is 23.7 Å². The maximum absolute atomic E-state index is 13.4. The fourth-order valence-electron chi connectivity index (χ4n) is 1.65. The lowest BCUT2D eigenvalue weighted by Crippen LogP contribution is -1.87. The SMILES string of the molecule is Cc1c(F)cccc1-c1cc(O)cc(Cl)c1. The summed E-state index contributed by atoms with van der Waals surface area (Å²) in [5.74, 6) is -0.192. The zero-order valence-electron chi connectivity index (χ0n) is 8.67. The van der Waals surface area contributed by atoms with Gasteiger partial charge in [0, 0.05) is 5.02 Å². The van der Waals surface area contributed by atoms with E-state index in [-0.39, 0.29) is 11.6 Å². The van der Waals surface area contributed by atoms with Crippen LogP contribution in [-0.2, 0) is 0 Å². The lowest BCUT2D eigenvalue weighted by molar-refractivity contribution is 0.475. The van der Waals surface area contributed by atoms with Crippen LogP contribution in [-0.4, -0.2) is 5.11 Å². The van der Waals surface area contributed by atoms with Gasteiger partial charge in [-0.05, 0) is 47.9 Å². The average molecular weight is 237 g/mol. The van der Waals surface area contributed by atoms with E-state index < -0.39 is 0 Å². The first-order valence-corrected chi connectivity index (χ1v) is 5.21. The van der Waals surface area contributed by atoms with E-state index in [4.69, 9.17) is 11.6 Å². The molecule has 0 heterocycles. The second-order valence-corrected chi connectivity index (χ2v) is 4.05. The Kier molecular flexibility index (Phi) is 2.84. The number of aromatic hydroxyl groups is 1. The summed E-state index contributed by atoms with van der Waals surface area (Å²) in [4.78, 5) is 0. The van der Waals surface area contributed by atoms with Crippen LogP contribution < -0.4 is 0 Å². The molecule has 0 aliphatic heterocycles. The molecular weight excluding hydrogens is 227 g/mol. The molecule has 0 radical (unpaired) electrons. The van der Waals surface area contributed by atoms with E-state index in [9.17, 15) is 9.50 Å². The molecular formula is C13H10ClFO. The average Bonchev–Trinajstić information content (AvgIpc) is 2.20. The molecule has 0 unspecified atom stereocenters. The van der Waals surface area contributed by atoms with Crippen molar-refractivity contribution in [3.8, 4) is 16.9 Å². The zero-order valence-corrected chi connectivity index (χ0v) is 9.42. The lowest BCUT2D eigenvalue weighted by Gasteiger charge is -2.07. The number of benzene rings is 2. The third-order valence-electron chi connectivity index (χ3n) is 2.46. The Morgan fingerprint density at radius 2 is 1.94 bits per heavy atom. The Bertz CT molecular complexity index is 517. The molecule has 0 bridgehead atoms. The van der Waals surface area contributed by atoms with Crippen LogP contribution in [0.2, 0.25) is 5.02 Å². The van der Waals surface area contributed by atoms with E-state index >= 15 is 0 Å². The van der Waals surface area contributed by atoms with Crippen LogP contribution in [0.1, 0.15) is 5.56 Å². The zero-order chi connectivity index (χ0) is 11.7. The van der Waals surface area contributed by atoms with Gasteiger partial charge in [-0.25, -0.2) is 4.39 Å². The number of phenols is 1. The fraction of sp³-hybridized carbons (Fsp3) is 0.0769. The number of hydrogen-bond acceptors (Lipinski definition) is 1. The molecule has 0 aliphatic carbocycles. The monoisotopic (exact) mass is 236 g/mol. The number of hydrogen-bond donors (Lipinski definition) is 1. The smallest absolute Gasteiger partial charge is 0.126 e. The maximum Gasteiger partial charge on any atom is 0.126 e. The molecule has 0 saturated carbocycles. The van der Waals surface area contributed by atoms with E-state index in [1.54, 1.807) is 31.2 Å². The van der Waals surface area contributed by atoms with Crippen molar-refractivity contribution in [1.29, 1.82) is 0 Å². The molecule has 2 aromatic carbocycles. The minimum Gasteiger partial charge on any atom is -0.508 e. The van der Waals surface area contributed by atoms with Crippen LogP contribution in [0.5, 0.6) is 5.75 Å². The van der Waals surface area contributed by atoms with Crippen molar-refractivity contribution < 1.29 is 9.50 Å². The van der Waals surface area contributed by atoms with Gasteiger partial charge >= 0.3 is 0 Å². The molecule has 0 spiro atoms. The Morgan fingerprint density at radius 1 is 1.19 bits per heavy atom. The van der Waals surface area contributed by atoms with Gasteiger partial charge in [0.05, 0.1) is 0 Å². The quantitative estimate of drug-likeness (QED) is 0.788. The predicted molar refractivity (Wildman–Crippen MR) is 63.2 cm³/mol. The Morgan fingerprint density at radius 3 is 2.62 bits per heavy atom. The molecule has 2 aromatic rings. The van der Waals surface area contributed by atoms with Crippen LogP contribution in [0, 0.1) is 12.7 Å². The van der Waals surface area contributed by atoms with Gasteiger partial charge in [-0.15, -0.1) is 0 Å². The van der Waals surface area contributed by atoms with Gasteiger partial charge < -0.3 is 5.11 Å². The highest BCUT2D eigenvalue weighted by atomic mass is 35.5. The van der Waals surface area contributed by atoms with Crippen molar-refractivity contribution in [3.63, 3.8) is 0 Å². The van der Waals surface area contributed by atoms with Crippen molar-refractivity contribution in [2.75, 3.05) is 0 Å². The number of halogens is 2. The molecule has 0 aromatic heterocycles. The summed E-state index contributed by atoms with van der Waals surface area (Å²) in [7, 11) is 0. The predicted octanol–water partition coefficient (Wildman–Crippen LogP) is 4.16. The molecule has 0 amide bonds. The summed E-state index contributed by atoms with van der Waals surface area (Å²) in [5, 5.41) is 9.87. The van der Waals surface area contributed by atoms with Crippen molar-refractivity contribution in [3.05, 3.63) is 52.8 Å². The highest BCUT2D eigenvalue weighted by Crippen LogP contribution is 2.30. The number of phenolic OH excluding ortho intramolecular Hbond substituents is 1. The van der Waals surface area contributed by atoms with Gasteiger partial charge in [0.1, 0.15) is 11.6 Å². The number of rotatable bonds is 1. The first-order chi connectivity index (χ1) is 7.58. The van der Waals surface area contributed by atoms with Gasteiger partial charge in [-0.2, -0.15) is 0 Å². The van der Waals surface area contributed by atoms with E-state index in [0.29, 0.717) is 16.1 Å². The van der Waals surface area contributed by atoms with Crippen molar-refractivity contribution in [2.45, 2.75) is 6.92 Å². The summed E-state index contributed by atoms with van der Waals surface area (Å²) in [6.07, 6.45) is 0. The molecule has 82 valence electrons. The molecule has 16 heavy (non-hydrogen) atoms. The van der Waals surface area contributed by atoms with E-state index in [1.165, 1.54) is 12.1 Å². The second kappa shape index (κ2) is 4.14. The standard InChI is InChI=1S/C13H10ClFO/c1-8-12(3-2-4-13(8)15)9-5-10(14)7-11(16)6-9/h2-7,16H,1H3. The van der Waals surface area contributed by atoms with Crippen LogP contribution in [0.25, 0.3) is 11.1 Å². The Labute approximate surface area is 98.1 Å². The normalized spacial score (nSPS) is 10.4. The highest BCUT2D eigenvalue weighted by Gasteiger charge is 2.07. The van der Waals surface area contributed by atoms with E-state index in [1.807, 2.05) is 0 Å². The molecule has 1 N–H and O–H groups in total. The topological polar surface area (TPSA) is 20.2 Å². The molecule has 0 atom stereocenters. The van der Waals surface area contributed by atoms with Crippen molar-refractivity contribution in [1.82, 2.24) is 0 Å². The second-order valence-electron chi connectivity index (χ2n) is 3.61. The van der Waals surface area contributed by atoms with Gasteiger partial charge in [-0.3, -0.25) is 0 Å². The van der Waals surface area contributed by atoms with Gasteiger partial charge in [0.25, 0.3) is 0 Å². The largest absolute Gasteiger partial charge is 0.508 e. The molecule has 0 aliphatic rings. The molecule has 2 rings (SSSR count). The molecule has 0 fully saturated rings. The molecule has 3 heteroatoms. The van der Waals surface area contributed by atoms with E-state index in [0.717, 1.165) is 5.56 Å². The third kappa shape index (κ3) is 2.02. The summed E-state index contributed by atoms with van der Waals surface area (Å²) in [6, 6.07) is 9.54. The summed E-state index contributed by atoms with van der Waals surface area (Å²) in [5.41, 5.74) is 1.99. The summed E-state index contributed by atoms with van der Waals surface area (Å²) >= 11 is 5.84. The van der Waals surface area contributed by atoms with Crippen molar-refractivity contribution >= 4 is 11.6 Å². The van der Waals surface area contributed by atoms with Crippen LogP contribution >= 0.6 is 11.6 Å². The highest BCUT2D eigenvalue weighted by molar-refractivity contribution is 6.31.